The summed E-state index contributed by atoms with van der Waals surface area (Å²) >= 11 is 0. The molecule has 3 saturated heterocycles. The highest BCUT2D eigenvalue weighted by atomic mass is 16.4. The van der Waals surface area contributed by atoms with Crippen LogP contribution in [0.2, 0.25) is 0 Å². The van der Waals surface area contributed by atoms with Gasteiger partial charge in [-0.05, 0) is 24.3 Å². The van der Waals surface area contributed by atoms with Crippen LogP contribution in [0.3, 0.4) is 0 Å². The van der Waals surface area contributed by atoms with Crippen LogP contribution >= 0.6 is 0 Å². The molecule has 3 fully saturated rings. The van der Waals surface area contributed by atoms with Crippen LogP contribution in [0.15, 0.2) is 59.8 Å². The Morgan fingerprint density at radius 3 is 1.60 bits per heavy atom. The number of aromatic carboxylic acids is 2. The topological polar surface area (TPSA) is 144 Å². The monoisotopic (exact) mass is 475 g/mol. The number of hydrogen-bond donors (Lipinski definition) is 2. The molecule has 35 heavy (non-hydrogen) atoms. The molecule has 3 aliphatic heterocycles. The van der Waals surface area contributed by atoms with Gasteiger partial charge < -0.3 is 24.9 Å². The Morgan fingerprint density at radius 1 is 0.714 bits per heavy atom. The van der Waals surface area contributed by atoms with Crippen LogP contribution in [0.25, 0.3) is 11.4 Å². The average Bonchev–Trinajstić information content (AvgIpc) is 3.71. The lowest BCUT2D eigenvalue weighted by Gasteiger charge is -2.21. The van der Waals surface area contributed by atoms with E-state index < -0.39 is 11.9 Å². The number of carbonyl (C=O) groups is 4. The smallest absolute Gasteiger partial charge is 0.335 e. The van der Waals surface area contributed by atoms with Gasteiger partial charge in [0.25, 0.3) is 0 Å². The van der Waals surface area contributed by atoms with E-state index in [1.54, 1.807) is 0 Å². The van der Waals surface area contributed by atoms with Crippen LogP contribution in [0.5, 0.6) is 0 Å². The molecule has 0 radical (unpaired) electrons. The summed E-state index contributed by atoms with van der Waals surface area (Å²) in [6.07, 6.45) is 4.21. The third-order valence-corrected chi connectivity index (χ3v) is 5.76. The Morgan fingerprint density at radius 2 is 1.17 bits per heavy atom. The molecule has 2 aromatic rings. The van der Waals surface area contributed by atoms with E-state index in [1.807, 2.05) is 14.7 Å². The summed E-state index contributed by atoms with van der Waals surface area (Å²) in [4.78, 5) is 60.1. The van der Waals surface area contributed by atoms with Crippen molar-refractivity contribution in [2.75, 3.05) is 39.3 Å². The highest BCUT2D eigenvalue weighted by Gasteiger charge is 2.43. The first-order chi connectivity index (χ1) is 16.8. The lowest BCUT2D eigenvalue weighted by Crippen LogP contribution is -2.29. The van der Waals surface area contributed by atoms with Gasteiger partial charge >= 0.3 is 11.9 Å². The molecule has 0 spiro atoms. The molecule has 0 saturated carbocycles. The summed E-state index contributed by atoms with van der Waals surface area (Å²) in [5, 5.41) is 17.7. The summed E-state index contributed by atoms with van der Waals surface area (Å²) in [5.41, 5.74) is 2.67. The van der Waals surface area contributed by atoms with Crippen molar-refractivity contribution in [1.29, 1.82) is 0 Å². The molecule has 1 aliphatic carbocycles. The van der Waals surface area contributed by atoms with Gasteiger partial charge in [0, 0.05) is 57.7 Å². The minimum absolute atomic E-state index is 0.00546. The third kappa shape index (κ3) is 4.74. The van der Waals surface area contributed by atoms with Crippen LogP contribution in [-0.4, -0.2) is 97.7 Å². The summed E-state index contributed by atoms with van der Waals surface area (Å²) < 4.78 is 0. The molecule has 11 heteroatoms. The van der Waals surface area contributed by atoms with Crippen molar-refractivity contribution in [3.63, 3.8) is 0 Å². The molecule has 0 atom stereocenters. The Hall–Kier alpha value is -4.54. The lowest BCUT2D eigenvalue weighted by atomic mass is 10.0. The molecule has 2 N–H and O–H groups in total. The number of allylic oxidation sites excluding steroid dienone is 1. The Labute approximate surface area is 199 Å². The van der Waals surface area contributed by atoms with Crippen LogP contribution in [0.1, 0.15) is 20.7 Å². The number of rotatable bonds is 6. The van der Waals surface area contributed by atoms with Crippen LogP contribution < -0.4 is 0 Å². The van der Waals surface area contributed by atoms with E-state index in [1.165, 1.54) is 42.7 Å². The average molecular weight is 475 g/mol. The number of nitrogens with zero attached hydrogens (tertiary/aromatic N) is 5. The number of carboxylic acids is 2. The van der Waals surface area contributed by atoms with E-state index >= 15 is 0 Å². The van der Waals surface area contributed by atoms with Crippen molar-refractivity contribution in [1.82, 2.24) is 24.7 Å². The predicted octanol–water partition coefficient (Wildman–Crippen LogP) is 0.721. The molecule has 0 bridgehead atoms. The second-order valence-electron chi connectivity index (χ2n) is 8.35. The first kappa shape index (κ1) is 22.3. The van der Waals surface area contributed by atoms with Crippen molar-refractivity contribution in [3.8, 4) is 11.4 Å². The largest absolute Gasteiger partial charge is 0.478 e. The lowest BCUT2D eigenvalue weighted by molar-refractivity contribution is -0.117. The van der Waals surface area contributed by atoms with Crippen molar-refractivity contribution < 1.29 is 29.4 Å². The third-order valence-electron chi connectivity index (χ3n) is 5.76. The number of ketones is 2. The maximum atomic E-state index is 12.4. The van der Waals surface area contributed by atoms with E-state index in [4.69, 9.17) is 10.2 Å². The standard InChI is InChI=1S/C12H13N3O2.C12H8N2O4/c16-9-7-8(13-1-2-13)12(17)11(15-5-6-15)10(9)14-3-4-14;15-11(16)7-1-3-13-9(5-7)10-6-8(12(17)18)2-4-14-10/h7H,1-6H2;1-6H,(H,15,16)(H,17,18). The number of carboxylic acid groups (broad SMARTS) is 2. The molecule has 0 aromatic carbocycles. The van der Waals surface area contributed by atoms with Crippen LogP contribution in [0.4, 0.5) is 0 Å². The summed E-state index contributed by atoms with van der Waals surface area (Å²) in [5.74, 6) is -2.10. The van der Waals surface area contributed by atoms with Crippen LogP contribution in [-0.2, 0) is 9.59 Å². The summed E-state index contributed by atoms with van der Waals surface area (Å²) in [7, 11) is 0. The van der Waals surface area contributed by atoms with Gasteiger partial charge in [-0.3, -0.25) is 19.6 Å². The fourth-order valence-electron chi connectivity index (χ4n) is 3.68. The molecule has 178 valence electrons. The molecule has 0 amide bonds. The van der Waals surface area contributed by atoms with E-state index in [9.17, 15) is 19.2 Å². The van der Waals surface area contributed by atoms with E-state index in [0.29, 0.717) is 28.5 Å². The zero-order chi connectivity index (χ0) is 24.7. The second-order valence-corrected chi connectivity index (χ2v) is 8.35. The van der Waals surface area contributed by atoms with E-state index in [0.717, 1.165) is 39.3 Å². The van der Waals surface area contributed by atoms with Crippen molar-refractivity contribution >= 4 is 23.5 Å². The van der Waals surface area contributed by atoms with Gasteiger partial charge in [0.05, 0.1) is 28.2 Å². The predicted molar refractivity (Wildman–Crippen MR) is 121 cm³/mol. The Bertz CT molecular complexity index is 1270. The van der Waals surface area contributed by atoms with Gasteiger partial charge in [-0.2, -0.15) is 0 Å². The van der Waals surface area contributed by atoms with Gasteiger partial charge in [0.15, 0.2) is 0 Å². The molecule has 0 unspecified atom stereocenters. The number of pyridine rings is 2. The number of aromatic nitrogens is 2. The SMILES string of the molecule is O=C(O)c1ccnc(-c2cc(C(=O)O)ccn2)c1.O=C1C=C(N2CC2)C(=O)C(N2CC2)=C1N1CC1. The summed E-state index contributed by atoms with van der Waals surface area (Å²) in [6, 6.07) is 5.40. The quantitative estimate of drug-likeness (QED) is 0.450. The Balaban J connectivity index is 0.000000145. The highest BCUT2D eigenvalue weighted by molar-refractivity contribution is 6.22. The van der Waals surface area contributed by atoms with Gasteiger partial charge in [0.1, 0.15) is 11.4 Å². The van der Waals surface area contributed by atoms with Crippen LogP contribution in [0, 0.1) is 0 Å². The molecular formula is C24H21N5O6. The highest BCUT2D eigenvalue weighted by Crippen LogP contribution is 2.33. The second kappa shape index (κ2) is 8.67. The maximum absolute atomic E-state index is 12.4. The van der Waals surface area contributed by atoms with Crippen molar-refractivity contribution in [3.05, 3.63) is 71.0 Å². The maximum Gasteiger partial charge on any atom is 0.335 e. The first-order valence-corrected chi connectivity index (χ1v) is 11.0. The van der Waals surface area contributed by atoms with Gasteiger partial charge in [-0.1, -0.05) is 0 Å². The van der Waals surface area contributed by atoms with E-state index in [-0.39, 0.29) is 22.7 Å². The van der Waals surface area contributed by atoms with Crippen molar-refractivity contribution in [2.45, 2.75) is 0 Å². The minimum Gasteiger partial charge on any atom is -0.478 e. The fraction of sp³-hybridized carbons (Fsp3) is 0.250. The zero-order valence-electron chi connectivity index (χ0n) is 18.5. The first-order valence-electron chi connectivity index (χ1n) is 11.0. The fourth-order valence-corrected chi connectivity index (χ4v) is 3.68. The molecular weight excluding hydrogens is 454 g/mol. The van der Waals surface area contributed by atoms with Gasteiger partial charge in [-0.25, -0.2) is 9.59 Å². The van der Waals surface area contributed by atoms with E-state index in [2.05, 4.69) is 9.97 Å². The normalized spacial score (nSPS) is 18.1. The molecule has 2 aromatic heterocycles. The molecule has 5 heterocycles. The van der Waals surface area contributed by atoms with Gasteiger partial charge in [0.2, 0.25) is 11.6 Å². The number of hydrogen-bond acceptors (Lipinski definition) is 9. The molecule has 11 nitrogen and oxygen atoms in total. The number of carbonyl (C=O) groups excluding carboxylic acids is 2. The molecule has 4 aliphatic rings. The van der Waals surface area contributed by atoms with Crippen molar-refractivity contribution in [2.24, 2.45) is 0 Å². The minimum atomic E-state index is -1.08. The molecule has 6 rings (SSSR count). The zero-order valence-corrected chi connectivity index (χ0v) is 18.5. The Kier molecular flexibility index (Phi) is 5.51. The summed E-state index contributed by atoms with van der Waals surface area (Å²) in [6.45, 7) is 5.41. The number of Topliss-reactive ketones (excluding diaryl/α,β-unsaturated/α-hetero) is 1. The van der Waals surface area contributed by atoms with Gasteiger partial charge in [-0.15, -0.1) is 0 Å².